The maximum absolute atomic E-state index is 4.03. The maximum atomic E-state index is 4.03. The summed E-state index contributed by atoms with van der Waals surface area (Å²) in [5.74, 6) is 2.57. The molecule has 0 aliphatic heterocycles. The third-order valence-electron chi connectivity index (χ3n) is 5.63. The van der Waals surface area contributed by atoms with Crippen LogP contribution < -0.4 is 5.32 Å². The van der Waals surface area contributed by atoms with E-state index in [1.165, 1.54) is 43.2 Å². The van der Waals surface area contributed by atoms with Gasteiger partial charge in [0.1, 0.15) is 0 Å². The van der Waals surface area contributed by atoms with Crippen LogP contribution in [0.3, 0.4) is 0 Å². The number of nitrogens with one attached hydrogen (secondary N) is 1. The van der Waals surface area contributed by atoms with Gasteiger partial charge in [-0.2, -0.15) is 0 Å². The quantitative estimate of drug-likeness (QED) is 0.824. The first-order valence-electron chi connectivity index (χ1n) is 8.48. The molecule has 0 heterocycles. The van der Waals surface area contributed by atoms with Crippen LogP contribution >= 0.6 is 0 Å². The molecule has 0 amide bonds. The van der Waals surface area contributed by atoms with Crippen molar-refractivity contribution in [2.45, 2.75) is 65.0 Å². The van der Waals surface area contributed by atoms with E-state index in [2.05, 4.69) is 50.4 Å². The van der Waals surface area contributed by atoms with Crippen LogP contribution in [0.1, 0.15) is 63.1 Å². The van der Waals surface area contributed by atoms with E-state index in [1.54, 1.807) is 0 Å². The Morgan fingerprint density at radius 3 is 2.35 bits per heavy atom. The zero-order chi connectivity index (χ0) is 14.1. The smallest absolute Gasteiger partial charge is 0.0351 e. The zero-order valence-corrected chi connectivity index (χ0v) is 13.2. The van der Waals surface area contributed by atoms with Crippen molar-refractivity contribution in [2.24, 2.45) is 17.8 Å². The van der Waals surface area contributed by atoms with E-state index in [1.807, 2.05) is 0 Å². The first-order valence-corrected chi connectivity index (χ1v) is 8.48. The van der Waals surface area contributed by atoms with Crippen molar-refractivity contribution in [1.82, 2.24) is 5.32 Å². The highest BCUT2D eigenvalue weighted by atomic mass is 15.0. The summed E-state index contributed by atoms with van der Waals surface area (Å²) in [6, 6.07) is 10.5. The van der Waals surface area contributed by atoms with E-state index < -0.39 is 0 Å². The Kier molecular flexibility index (Phi) is 4.16. The van der Waals surface area contributed by atoms with Crippen molar-refractivity contribution in [3.63, 3.8) is 0 Å². The van der Waals surface area contributed by atoms with Gasteiger partial charge in [-0.15, -0.1) is 0 Å². The number of hydrogen-bond acceptors (Lipinski definition) is 1. The van der Waals surface area contributed by atoms with Crippen molar-refractivity contribution >= 4 is 0 Å². The van der Waals surface area contributed by atoms with Crippen LogP contribution in [0.2, 0.25) is 0 Å². The van der Waals surface area contributed by atoms with E-state index in [9.17, 15) is 0 Å². The van der Waals surface area contributed by atoms with Crippen molar-refractivity contribution in [1.29, 1.82) is 0 Å². The second kappa shape index (κ2) is 5.89. The number of rotatable bonds is 4. The van der Waals surface area contributed by atoms with Gasteiger partial charge in [0.2, 0.25) is 0 Å². The van der Waals surface area contributed by atoms with E-state index in [0.717, 1.165) is 17.8 Å². The molecule has 20 heavy (non-hydrogen) atoms. The molecule has 0 aromatic heterocycles. The Balaban J connectivity index is 1.73. The summed E-state index contributed by atoms with van der Waals surface area (Å²) in [6.07, 6.45) is 6.98. The molecule has 110 valence electrons. The van der Waals surface area contributed by atoms with Crippen LogP contribution in [0, 0.1) is 24.7 Å². The molecule has 2 aliphatic rings. The second-order valence-corrected chi connectivity index (χ2v) is 7.27. The Hall–Kier alpha value is -0.820. The summed E-state index contributed by atoms with van der Waals surface area (Å²) in [7, 11) is 0. The summed E-state index contributed by atoms with van der Waals surface area (Å²) >= 11 is 0. The molecule has 0 radical (unpaired) electrons. The molecule has 0 bridgehead atoms. The fourth-order valence-electron chi connectivity index (χ4n) is 3.76. The third-order valence-corrected chi connectivity index (χ3v) is 5.63. The summed E-state index contributed by atoms with van der Waals surface area (Å²) in [4.78, 5) is 0. The van der Waals surface area contributed by atoms with Crippen LogP contribution in [0.15, 0.2) is 24.3 Å². The first kappa shape index (κ1) is 14.1. The van der Waals surface area contributed by atoms with Crippen LogP contribution in [0.4, 0.5) is 0 Å². The summed E-state index contributed by atoms with van der Waals surface area (Å²) < 4.78 is 0. The highest BCUT2D eigenvalue weighted by molar-refractivity contribution is 5.25. The Labute approximate surface area is 124 Å². The SMILES string of the molecule is Cc1ccc(C(NC2CCCC(C)C2C)C2CC2)cc1. The molecule has 2 aliphatic carbocycles. The average Bonchev–Trinajstić information content (AvgIpc) is 3.26. The van der Waals surface area contributed by atoms with Gasteiger partial charge in [0, 0.05) is 12.1 Å². The Morgan fingerprint density at radius 2 is 1.70 bits per heavy atom. The van der Waals surface area contributed by atoms with E-state index >= 15 is 0 Å². The van der Waals surface area contributed by atoms with Crippen LogP contribution in [-0.4, -0.2) is 6.04 Å². The minimum atomic E-state index is 0.591. The van der Waals surface area contributed by atoms with E-state index in [0.29, 0.717) is 12.1 Å². The normalized spacial score (nSPS) is 32.0. The fourth-order valence-corrected chi connectivity index (χ4v) is 3.76. The molecular weight excluding hydrogens is 242 g/mol. The summed E-state index contributed by atoms with van der Waals surface area (Å²) in [5, 5.41) is 4.03. The molecule has 1 nitrogen and oxygen atoms in total. The van der Waals surface area contributed by atoms with Crippen molar-refractivity contribution in [3.8, 4) is 0 Å². The largest absolute Gasteiger partial charge is 0.307 e. The van der Waals surface area contributed by atoms with Gasteiger partial charge >= 0.3 is 0 Å². The fraction of sp³-hybridized carbons (Fsp3) is 0.684. The van der Waals surface area contributed by atoms with Gasteiger partial charge in [0.15, 0.2) is 0 Å². The van der Waals surface area contributed by atoms with Crippen molar-refractivity contribution < 1.29 is 0 Å². The second-order valence-electron chi connectivity index (χ2n) is 7.27. The zero-order valence-electron chi connectivity index (χ0n) is 13.2. The molecule has 0 saturated heterocycles. The molecule has 4 atom stereocenters. The highest BCUT2D eigenvalue weighted by Crippen LogP contribution is 2.42. The van der Waals surface area contributed by atoms with Gasteiger partial charge < -0.3 is 5.32 Å². The third kappa shape index (κ3) is 3.09. The molecule has 1 heteroatoms. The molecule has 2 saturated carbocycles. The average molecular weight is 271 g/mol. The number of aryl methyl sites for hydroxylation is 1. The van der Waals surface area contributed by atoms with Gasteiger partial charge in [-0.3, -0.25) is 0 Å². The predicted octanol–water partition coefficient (Wildman–Crippen LogP) is 4.86. The highest BCUT2D eigenvalue weighted by Gasteiger charge is 2.36. The Morgan fingerprint density at radius 1 is 1.00 bits per heavy atom. The Bertz CT molecular complexity index is 432. The topological polar surface area (TPSA) is 12.0 Å². The first-order chi connectivity index (χ1) is 9.65. The van der Waals surface area contributed by atoms with Crippen molar-refractivity contribution in [3.05, 3.63) is 35.4 Å². The van der Waals surface area contributed by atoms with Gasteiger partial charge in [0.05, 0.1) is 0 Å². The molecule has 3 rings (SSSR count). The lowest BCUT2D eigenvalue weighted by molar-refractivity contribution is 0.188. The molecule has 1 N–H and O–H groups in total. The summed E-state index contributed by atoms with van der Waals surface area (Å²) in [6.45, 7) is 7.05. The minimum absolute atomic E-state index is 0.591. The van der Waals surface area contributed by atoms with Gasteiger partial charge in [0.25, 0.3) is 0 Å². The predicted molar refractivity (Wildman–Crippen MR) is 85.7 cm³/mol. The lowest BCUT2D eigenvalue weighted by atomic mass is 9.77. The lowest BCUT2D eigenvalue weighted by Crippen LogP contribution is -2.43. The number of benzene rings is 1. The van der Waals surface area contributed by atoms with E-state index in [4.69, 9.17) is 0 Å². The maximum Gasteiger partial charge on any atom is 0.0351 e. The summed E-state index contributed by atoms with van der Waals surface area (Å²) in [5.41, 5.74) is 2.87. The lowest BCUT2D eigenvalue weighted by Gasteiger charge is -2.37. The molecule has 0 spiro atoms. The number of hydrogen-bond donors (Lipinski definition) is 1. The van der Waals surface area contributed by atoms with E-state index in [-0.39, 0.29) is 0 Å². The van der Waals surface area contributed by atoms with Crippen LogP contribution in [0.5, 0.6) is 0 Å². The van der Waals surface area contributed by atoms with Gasteiger partial charge in [-0.25, -0.2) is 0 Å². The minimum Gasteiger partial charge on any atom is -0.307 e. The van der Waals surface area contributed by atoms with Crippen LogP contribution in [-0.2, 0) is 0 Å². The van der Waals surface area contributed by atoms with Crippen molar-refractivity contribution in [2.75, 3.05) is 0 Å². The van der Waals surface area contributed by atoms with Gasteiger partial charge in [-0.05, 0) is 49.5 Å². The molecule has 2 fully saturated rings. The molecular formula is C19H29N. The standard InChI is InChI=1S/C19H29N/c1-13-7-9-16(10-8-13)19(17-11-12-17)20-18-6-4-5-14(2)15(18)3/h7-10,14-15,17-20H,4-6,11-12H2,1-3H3. The van der Waals surface area contributed by atoms with Crippen LogP contribution in [0.25, 0.3) is 0 Å². The molecule has 1 aromatic carbocycles. The molecule has 4 unspecified atom stereocenters. The van der Waals surface area contributed by atoms with Gasteiger partial charge in [-0.1, -0.05) is 56.5 Å². The monoisotopic (exact) mass is 271 g/mol. The molecule has 1 aromatic rings.